The fourth-order valence-electron chi connectivity index (χ4n) is 2.17. The Morgan fingerprint density at radius 2 is 1.78 bits per heavy atom. The van der Waals surface area contributed by atoms with Gasteiger partial charge in [0.05, 0.1) is 0 Å². The van der Waals surface area contributed by atoms with E-state index in [1.807, 2.05) is 12.1 Å². The van der Waals surface area contributed by atoms with Crippen molar-refractivity contribution in [2.45, 2.75) is 19.9 Å². The molecule has 3 aromatic rings. The fourth-order valence-corrected chi connectivity index (χ4v) is 2.17. The molecular weight excluding hydrogens is 295 g/mol. The standard InChI is InChI=1S/C17H15FN4O/c1-2-12-3-5-13(6-4-12)16(23)11-22-20-17(19-21-22)14-7-9-15(18)10-8-14/h3-10H,2,11H2,1H3. The third-order valence-corrected chi connectivity index (χ3v) is 3.52. The van der Waals surface area contributed by atoms with Crippen molar-refractivity contribution >= 4 is 5.78 Å². The highest BCUT2D eigenvalue weighted by Crippen LogP contribution is 2.14. The van der Waals surface area contributed by atoms with Crippen molar-refractivity contribution in [3.63, 3.8) is 0 Å². The SMILES string of the molecule is CCc1ccc(C(=O)Cn2nnc(-c3ccc(F)cc3)n2)cc1. The second-order valence-electron chi connectivity index (χ2n) is 5.12. The van der Waals surface area contributed by atoms with Crippen LogP contribution in [-0.4, -0.2) is 26.0 Å². The molecule has 0 fully saturated rings. The molecule has 0 spiro atoms. The molecule has 0 N–H and O–H groups in total. The molecule has 0 radical (unpaired) electrons. The van der Waals surface area contributed by atoms with E-state index in [1.165, 1.54) is 22.5 Å². The minimum atomic E-state index is -0.327. The van der Waals surface area contributed by atoms with Crippen LogP contribution in [0, 0.1) is 5.82 Å². The molecule has 0 bridgehead atoms. The Labute approximate surface area is 132 Å². The lowest BCUT2D eigenvalue weighted by molar-refractivity contribution is 0.0961. The fraction of sp³-hybridized carbons (Fsp3) is 0.176. The number of rotatable bonds is 5. The van der Waals surface area contributed by atoms with E-state index >= 15 is 0 Å². The maximum atomic E-state index is 12.9. The number of aromatic nitrogens is 4. The van der Waals surface area contributed by atoms with Gasteiger partial charge in [0, 0.05) is 11.1 Å². The second kappa shape index (κ2) is 6.48. The first-order valence-electron chi connectivity index (χ1n) is 7.31. The van der Waals surface area contributed by atoms with Crippen LogP contribution in [0.4, 0.5) is 4.39 Å². The monoisotopic (exact) mass is 310 g/mol. The zero-order chi connectivity index (χ0) is 16.2. The normalized spacial score (nSPS) is 10.7. The molecule has 3 rings (SSSR count). The molecule has 23 heavy (non-hydrogen) atoms. The van der Waals surface area contributed by atoms with Crippen LogP contribution in [-0.2, 0) is 13.0 Å². The van der Waals surface area contributed by atoms with Crippen LogP contribution in [0.25, 0.3) is 11.4 Å². The summed E-state index contributed by atoms with van der Waals surface area (Å²) in [5.74, 6) is -0.0540. The average molecular weight is 310 g/mol. The highest BCUT2D eigenvalue weighted by molar-refractivity contribution is 5.95. The van der Waals surface area contributed by atoms with Crippen LogP contribution in [0.5, 0.6) is 0 Å². The van der Waals surface area contributed by atoms with Gasteiger partial charge in [-0.25, -0.2) is 4.39 Å². The summed E-state index contributed by atoms with van der Waals surface area (Å²) in [4.78, 5) is 13.5. The molecule has 0 atom stereocenters. The number of tetrazole rings is 1. The molecular formula is C17H15FN4O. The minimum absolute atomic E-state index is 0.0136. The predicted octanol–water partition coefficient (Wildman–Crippen LogP) is 2.92. The largest absolute Gasteiger partial charge is 0.292 e. The van der Waals surface area contributed by atoms with Crippen LogP contribution >= 0.6 is 0 Å². The summed E-state index contributed by atoms with van der Waals surface area (Å²) in [6.07, 6.45) is 0.931. The zero-order valence-electron chi connectivity index (χ0n) is 12.6. The van der Waals surface area contributed by atoms with Gasteiger partial charge in [0.15, 0.2) is 5.78 Å². The van der Waals surface area contributed by atoms with Gasteiger partial charge in [0.2, 0.25) is 5.82 Å². The maximum absolute atomic E-state index is 12.9. The van der Waals surface area contributed by atoms with Gasteiger partial charge in [-0.15, -0.1) is 10.2 Å². The number of carbonyl (C=O) groups excluding carboxylic acids is 1. The van der Waals surface area contributed by atoms with Crippen molar-refractivity contribution in [3.8, 4) is 11.4 Å². The predicted molar refractivity (Wildman–Crippen MR) is 83.4 cm³/mol. The number of Topliss-reactive ketones (excluding diaryl/α,β-unsaturated/α-hetero) is 1. The van der Waals surface area contributed by atoms with Gasteiger partial charge in [0.1, 0.15) is 12.4 Å². The van der Waals surface area contributed by atoms with Crippen molar-refractivity contribution in [3.05, 3.63) is 65.5 Å². The van der Waals surface area contributed by atoms with Gasteiger partial charge in [-0.05, 0) is 41.5 Å². The van der Waals surface area contributed by atoms with E-state index in [9.17, 15) is 9.18 Å². The quantitative estimate of drug-likeness (QED) is 0.680. The van der Waals surface area contributed by atoms with E-state index < -0.39 is 0 Å². The number of benzene rings is 2. The molecule has 0 amide bonds. The average Bonchev–Trinajstić information content (AvgIpc) is 3.04. The molecule has 0 aliphatic heterocycles. The minimum Gasteiger partial charge on any atom is -0.292 e. The molecule has 1 heterocycles. The summed E-state index contributed by atoms with van der Waals surface area (Å²) < 4.78 is 12.9. The smallest absolute Gasteiger partial charge is 0.204 e. The van der Waals surface area contributed by atoms with Gasteiger partial charge in [-0.3, -0.25) is 4.79 Å². The first-order chi connectivity index (χ1) is 11.2. The molecule has 6 heteroatoms. The van der Waals surface area contributed by atoms with E-state index in [4.69, 9.17) is 0 Å². The number of hydrogen-bond acceptors (Lipinski definition) is 4. The molecule has 0 saturated heterocycles. The summed E-state index contributed by atoms with van der Waals surface area (Å²) in [6.45, 7) is 2.08. The Kier molecular flexibility index (Phi) is 4.23. The van der Waals surface area contributed by atoms with Crippen molar-refractivity contribution in [2.24, 2.45) is 0 Å². The first kappa shape index (κ1) is 15.0. The lowest BCUT2D eigenvalue weighted by atomic mass is 10.1. The topological polar surface area (TPSA) is 60.7 Å². The highest BCUT2D eigenvalue weighted by Gasteiger charge is 2.11. The highest BCUT2D eigenvalue weighted by atomic mass is 19.1. The zero-order valence-corrected chi connectivity index (χ0v) is 12.6. The van der Waals surface area contributed by atoms with E-state index in [0.717, 1.165) is 6.42 Å². The van der Waals surface area contributed by atoms with Gasteiger partial charge >= 0.3 is 0 Å². The molecule has 0 unspecified atom stereocenters. The number of halogens is 1. The van der Waals surface area contributed by atoms with Crippen molar-refractivity contribution in [2.75, 3.05) is 0 Å². The summed E-state index contributed by atoms with van der Waals surface area (Å²) in [5.41, 5.74) is 2.44. The Balaban J connectivity index is 1.73. The number of hydrogen-bond donors (Lipinski definition) is 0. The van der Waals surface area contributed by atoms with Crippen LogP contribution in [0.2, 0.25) is 0 Å². The summed E-state index contributed by atoms with van der Waals surface area (Å²) in [6, 6.07) is 13.3. The molecule has 2 aromatic carbocycles. The Hall–Kier alpha value is -2.89. The third-order valence-electron chi connectivity index (χ3n) is 3.52. The molecule has 116 valence electrons. The van der Waals surface area contributed by atoms with Crippen molar-refractivity contribution in [1.29, 1.82) is 0 Å². The van der Waals surface area contributed by atoms with Gasteiger partial charge in [-0.1, -0.05) is 31.2 Å². The van der Waals surface area contributed by atoms with E-state index in [1.54, 1.807) is 24.3 Å². The molecule has 5 nitrogen and oxygen atoms in total. The Bertz CT molecular complexity index is 809. The number of aryl methyl sites for hydroxylation is 1. The van der Waals surface area contributed by atoms with Gasteiger partial charge < -0.3 is 0 Å². The van der Waals surface area contributed by atoms with Crippen molar-refractivity contribution in [1.82, 2.24) is 20.2 Å². The maximum Gasteiger partial charge on any atom is 0.204 e. The third kappa shape index (κ3) is 3.48. The van der Waals surface area contributed by atoms with Crippen LogP contribution in [0.1, 0.15) is 22.8 Å². The second-order valence-corrected chi connectivity index (χ2v) is 5.12. The number of nitrogens with zero attached hydrogens (tertiary/aromatic N) is 4. The van der Waals surface area contributed by atoms with Crippen LogP contribution in [0.3, 0.4) is 0 Å². The van der Waals surface area contributed by atoms with Crippen LogP contribution in [0.15, 0.2) is 48.5 Å². The number of ketones is 1. The van der Waals surface area contributed by atoms with E-state index in [0.29, 0.717) is 17.0 Å². The lowest BCUT2D eigenvalue weighted by Crippen LogP contribution is -2.13. The van der Waals surface area contributed by atoms with E-state index in [2.05, 4.69) is 22.3 Å². The molecule has 0 aliphatic rings. The van der Waals surface area contributed by atoms with Crippen LogP contribution < -0.4 is 0 Å². The Morgan fingerprint density at radius 3 is 2.43 bits per heavy atom. The summed E-state index contributed by atoms with van der Waals surface area (Å²) in [5, 5.41) is 11.9. The molecule has 0 saturated carbocycles. The summed E-state index contributed by atoms with van der Waals surface area (Å²) >= 11 is 0. The molecule has 1 aromatic heterocycles. The van der Waals surface area contributed by atoms with Crippen molar-refractivity contribution < 1.29 is 9.18 Å². The number of carbonyl (C=O) groups is 1. The molecule has 0 aliphatic carbocycles. The Morgan fingerprint density at radius 1 is 1.09 bits per heavy atom. The van der Waals surface area contributed by atoms with Gasteiger partial charge in [0.25, 0.3) is 0 Å². The summed E-state index contributed by atoms with van der Waals surface area (Å²) in [7, 11) is 0. The first-order valence-corrected chi connectivity index (χ1v) is 7.31. The van der Waals surface area contributed by atoms with E-state index in [-0.39, 0.29) is 18.1 Å². The van der Waals surface area contributed by atoms with Gasteiger partial charge in [-0.2, -0.15) is 4.80 Å². The lowest BCUT2D eigenvalue weighted by Gasteiger charge is -2.01.